The summed E-state index contributed by atoms with van der Waals surface area (Å²) in [6, 6.07) is 15.3. The molecule has 0 aromatic heterocycles. The topological polar surface area (TPSA) is 50.8 Å². The monoisotopic (exact) mass is 448 g/mol. The molecule has 3 aliphatic rings. The highest BCUT2D eigenvalue weighted by Gasteiger charge is 2.23. The normalized spacial score (nSPS) is 25.1. The molecule has 1 N–H and O–H groups in total. The number of aryl methyl sites for hydroxylation is 1. The SMILES string of the molecule is CC1CCCN1Cc1ccc2c(c1)CC[C@H](NC(=O)c1ccc(OC[C@@H]3CCCO3)cc1)C2. The summed E-state index contributed by atoms with van der Waals surface area (Å²) in [4.78, 5) is 15.4. The van der Waals surface area contributed by atoms with Crippen molar-refractivity contribution < 1.29 is 14.3 Å². The summed E-state index contributed by atoms with van der Waals surface area (Å²) in [5, 5.41) is 3.24. The van der Waals surface area contributed by atoms with Crippen LogP contribution in [0.1, 0.15) is 66.1 Å². The molecule has 0 spiro atoms. The van der Waals surface area contributed by atoms with Crippen molar-refractivity contribution in [3.8, 4) is 5.75 Å². The van der Waals surface area contributed by atoms with Gasteiger partial charge < -0.3 is 14.8 Å². The minimum atomic E-state index is -0.00577. The molecule has 0 bridgehead atoms. The van der Waals surface area contributed by atoms with Crippen LogP contribution >= 0.6 is 0 Å². The first-order valence-electron chi connectivity index (χ1n) is 12.6. The fourth-order valence-electron chi connectivity index (χ4n) is 5.43. The van der Waals surface area contributed by atoms with Crippen LogP contribution in [0.4, 0.5) is 0 Å². The fraction of sp³-hybridized carbons (Fsp3) is 0.536. The van der Waals surface area contributed by atoms with Gasteiger partial charge in [-0.15, -0.1) is 0 Å². The molecule has 2 aromatic carbocycles. The molecule has 5 nitrogen and oxygen atoms in total. The lowest BCUT2D eigenvalue weighted by Crippen LogP contribution is -2.38. The summed E-state index contributed by atoms with van der Waals surface area (Å²) in [5.74, 6) is 0.779. The van der Waals surface area contributed by atoms with Gasteiger partial charge in [-0.1, -0.05) is 18.2 Å². The molecule has 2 aromatic rings. The van der Waals surface area contributed by atoms with Crippen molar-refractivity contribution in [3.05, 3.63) is 64.7 Å². The van der Waals surface area contributed by atoms with Crippen molar-refractivity contribution in [1.82, 2.24) is 10.2 Å². The molecule has 3 atom stereocenters. The summed E-state index contributed by atoms with van der Waals surface area (Å²) in [6.45, 7) is 6.02. The number of hydrogen-bond acceptors (Lipinski definition) is 4. The van der Waals surface area contributed by atoms with Crippen LogP contribution in [0.3, 0.4) is 0 Å². The molecule has 2 heterocycles. The number of nitrogens with zero attached hydrogens (tertiary/aromatic N) is 1. The summed E-state index contributed by atoms with van der Waals surface area (Å²) in [6.07, 6.45) is 7.93. The lowest BCUT2D eigenvalue weighted by molar-refractivity contribution is 0.0679. The molecule has 1 unspecified atom stereocenters. The summed E-state index contributed by atoms with van der Waals surface area (Å²) in [7, 11) is 0. The number of carbonyl (C=O) groups is 1. The van der Waals surface area contributed by atoms with Gasteiger partial charge in [0.2, 0.25) is 0 Å². The number of nitrogens with one attached hydrogen (secondary N) is 1. The summed E-state index contributed by atoms with van der Waals surface area (Å²) < 4.78 is 11.4. The highest BCUT2D eigenvalue weighted by atomic mass is 16.5. The van der Waals surface area contributed by atoms with E-state index >= 15 is 0 Å². The number of ether oxygens (including phenoxy) is 2. The van der Waals surface area contributed by atoms with Crippen LogP contribution in [0.25, 0.3) is 0 Å². The maximum atomic E-state index is 12.8. The second-order valence-corrected chi connectivity index (χ2v) is 9.95. The molecule has 5 rings (SSSR count). The van der Waals surface area contributed by atoms with E-state index in [1.54, 1.807) is 0 Å². The third kappa shape index (κ3) is 5.59. The van der Waals surface area contributed by atoms with Gasteiger partial charge in [0.25, 0.3) is 5.91 Å². The van der Waals surface area contributed by atoms with E-state index < -0.39 is 0 Å². The van der Waals surface area contributed by atoms with E-state index in [-0.39, 0.29) is 18.1 Å². The number of hydrogen-bond donors (Lipinski definition) is 1. The predicted molar refractivity (Wildman–Crippen MR) is 130 cm³/mol. The molecular formula is C28H36N2O3. The van der Waals surface area contributed by atoms with Crippen LogP contribution in [-0.2, 0) is 24.1 Å². The largest absolute Gasteiger partial charge is 0.491 e. The van der Waals surface area contributed by atoms with E-state index in [9.17, 15) is 4.79 Å². The molecule has 1 aliphatic carbocycles. The average molecular weight is 449 g/mol. The van der Waals surface area contributed by atoms with E-state index in [2.05, 4.69) is 35.3 Å². The zero-order chi connectivity index (χ0) is 22.6. The van der Waals surface area contributed by atoms with Crippen molar-refractivity contribution in [1.29, 1.82) is 0 Å². The van der Waals surface area contributed by atoms with Crippen LogP contribution < -0.4 is 10.1 Å². The zero-order valence-electron chi connectivity index (χ0n) is 19.7. The fourth-order valence-corrected chi connectivity index (χ4v) is 5.43. The third-order valence-electron chi connectivity index (χ3n) is 7.49. The molecule has 2 fully saturated rings. The Kier molecular flexibility index (Phi) is 6.98. The van der Waals surface area contributed by atoms with Gasteiger partial charge in [0.1, 0.15) is 12.4 Å². The quantitative estimate of drug-likeness (QED) is 0.677. The van der Waals surface area contributed by atoms with Crippen molar-refractivity contribution in [2.45, 2.75) is 76.6 Å². The first-order valence-corrected chi connectivity index (χ1v) is 12.6. The van der Waals surface area contributed by atoms with Gasteiger partial charge in [-0.3, -0.25) is 9.69 Å². The van der Waals surface area contributed by atoms with Crippen molar-refractivity contribution in [2.75, 3.05) is 19.8 Å². The Labute approximate surface area is 197 Å². The summed E-state index contributed by atoms with van der Waals surface area (Å²) in [5.41, 5.74) is 4.94. The third-order valence-corrected chi connectivity index (χ3v) is 7.49. The van der Waals surface area contributed by atoms with Gasteiger partial charge in [-0.05, 0) is 99.4 Å². The smallest absolute Gasteiger partial charge is 0.251 e. The van der Waals surface area contributed by atoms with Gasteiger partial charge in [-0.25, -0.2) is 0 Å². The maximum absolute atomic E-state index is 12.8. The van der Waals surface area contributed by atoms with Gasteiger partial charge in [0.05, 0.1) is 6.10 Å². The van der Waals surface area contributed by atoms with Crippen molar-refractivity contribution in [2.24, 2.45) is 0 Å². The standard InChI is InChI=1S/C28H36N2O3/c1-20-4-2-14-30(20)18-21-6-7-24-17-25(11-8-23(24)16-21)29-28(31)22-9-12-26(13-10-22)33-19-27-5-3-15-32-27/h6-7,9-10,12-13,16,20,25,27H,2-5,8,11,14-15,17-19H2,1H3,(H,29,31)/t20?,25-,27-/m0/s1. The minimum absolute atomic E-state index is 0.00577. The van der Waals surface area contributed by atoms with Crippen LogP contribution in [0, 0.1) is 0 Å². The maximum Gasteiger partial charge on any atom is 0.251 e. The van der Waals surface area contributed by atoms with E-state index in [4.69, 9.17) is 9.47 Å². The van der Waals surface area contributed by atoms with Gasteiger partial charge >= 0.3 is 0 Å². The Bertz CT molecular complexity index is 952. The molecule has 5 heteroatoms. The Morgan fingerprint density at radius 1 is 1.09 bits per heavy atom. The number of likely N-dealkylation sites (tertiary alicyclic amines) is 1. The second kappa shape index (κ2) is 10.3. The lowest BCUT2D eigenvalue weighted by atomic mass is 9.87. The Morgan fingerprint density at radius 3 is 2.73 bits per heavy atom. The minimum Gasteiger partial charge on any atom is -0.491 e. The predicted octanol–water partition coefficient (Wildman–Crippen LogP) is 4.52. The van der Waals surface area contributed by atoms with Crippen LogP contribution in [0.2, 0.25) is 0 Å². The Morgan fingerprint density at radius 2 is 1.97 bits per heavy atom. The summed E-state index contributed by atoms with van der Waals surface area (Å²) >= 11 is 0. The van der Waals surface area contributed by atoms with Gasteiger partial charge in [0, 0.05) is 30.8 Å². The first kappa shape index (κ1) is 22.4. The van der Waals surface area contributed by atoms with E-state index in [1.165, 1.54) is 36.1 Å². The second-order valence-electron chi connectivity index (χ2n) is 9.95. The Balaban J connectivity index is 1.13. The van der Waals surface area contributed by atoms with E-state index in [1.807, 2.05) is 24.3 Å². The molecule has 0 saturated carbocycles. The Hall–Kier alpha value is -2.37. The van der Waals surface area contributed by atoms with Gasteiger partial charge in [-0.2, -0.15) is 0 Å². The van der Waals surface area contributed by atoms with E-state index in [0.29, 0.717) is 18.2 Å². The molecule has 2 saturated heterocycles. The first-order chi connectivity index (χ1) is 16.1. The highest BCUT2D eigenvalue weighted by molar-refractivity contribution is 5.94. The van der Waals surface area contributed by atoms with E-state index in [0.717, 1.165) is 51.0 Å². The molecule has 2 aliphatic heterocycles. The van der Waals surface area contributed by atoms with Crippen molar-refractivity contribution in [3.63, 3.8) is 0 Å². The highest BCUT2D eigenvalue weighted by Crippen LogP contribution is 2.26. The average Bonchev–Trinajstić information content (AvgIpc) is 3.50. The number of fused-ring (bicyclic) bond motifs is 1. The van der Waals surface area contributed by atoms with Crippen LogP contribution in [0.15, 0.2) is 42.5 Å². The number of carbonyl (C=O) groups excluding carboxylic acids is 1. The molecule has 176 valence electrons. The lowest BCUT2D eigenvalue weighted by Gasteiger charge is -2.27. The molecule has 0 radical (unpaired) electrons. The van der Waals surface area contributed by atoms with Gasteiger partial charge in [0.15, 0.2) is 0 Å². The number of amides is 1. The zero-order valence-corrected chi connectivity index (χ0v) is 19.7. The van der Waals surface area contributed by atoms with Crippen LogP contribution in [0.5, 0.6) is 5.75 Å². The van der Waals surface area contributed by atoms with Crippen LogP contribution in [-0.4, -0.2) is 48.8 Å². The number of rotatable bonds is 7. The molecular weight excluding hydrogens is 412 g/mol. The van der Waals surface area contributed by atoms with Crippen molar-refractivity contribution >= 4 is 5.91 Å². The molecule has 1 amide bonds. The molecule has 33 heavy (non-hydrogen) atoms. The number of benzene rings is 2.